The van der Waals surface area contributed by atoms with Crippen molar-refractivity contribution in [2.24, 2.45) is 0 Å². The molecule has 0 spiro atoms. The van der Waals surface area contributed by atoms with Gasteiger partial charge in [0.1, 0.15) is 0 Å². The van der Waals surface area contributed by atoms with E-state index in [4.69, 9.17) is 20.5 Å². The fraction of sp³-hybridized carbons (Fsp3) is 0.273. The van der Waals surface area contributed by atoms with Crippen LogP contribution >= 0.6 is 0 Å². The lowest BCUT2D eigenvalue weighted by molar-refractivity contribution is -0.134. The number of aliphatic carboxylic acids is 2. The minimum Gasteiger partial charge on any atom is -0.478 e. The van der Waals surface area contributed by atoms with Crippen LogP contribution in [0.15, 0.2) is 55.0 Å². The molecule has 1 aliphatic heterocycles. The van der Waals surface area contributed by atoms with Crippen LogP contribution in [0.2, 0.25) is 0 Å². The van der Waals surface area contributed by atoms with Crippen LogP contribution in [-0.2, 0) is 16.1 Å². The average molecular weight is 449 g/mol. The number of anilines is 1. The molecule has 33 heavy (non-hydrogen) atoms. The first-order chi connectivity index (χ1) is 16.0. The number of carbonyl (C=O) groups is 2. The Hall–Kier alpha value is -4.30. The van der Waals surface area contributed by atoms with Crippen molar-refractivity contribution in [3.05, 3.63) is 60.7 Å². The van der Waals surface area contributed by atoms with E-state index in [-0.39, 0.29) is 0 Å². The second-order valence-electron chi connectivity index (χ2n) is 7.24. The smallest absolute Gasteiger partial charge is 0.328 e. The minimum absolute atomic E-state index is 0.297. The van der Waals surface area contributed by atoms with Crippen molar-refractivity contribution in [3.8, 4) is 6.07 Å². The number of carboxylic acid groups (broad SMARTS) is 2. The number of likely N-dealkylation sites (tertiary alicyclic amines) is 1. The van der Waals surface area contributed by atoms with E-state index >= 15 is 0 Å². The molecule has 1 aliphatic rings. The molecule has 1 saturated heterocycles. The Morgan fingerprint density at radius 2 is 1.97 bits per heavy atom. The molecular formula is C22H23N7O4. The van der Waals surface area contributed by atoms with Crippen molar-refractivity contribution in [3.63, 3.8) is 0 Å². The number of hydrogen-bond donors (Lipinski definition) is 3. The summed E-state index contributed by atoms with van der Waals surface area (Å²) in [7, 11) is 0. The highest BCUT2D eigenvalue weighted by Gasteiger charge is 2.24. The van der Waals surface area contributed by atoms with Crippen LogP contribution in [0.5, 0.6) is 0 Å². The van der Waals surface area contributed by atoms with Gasteiger partial charge in [-0.2, -0.15) is 5.26 Å². The maximum Gasteiger partial charge on any atom is 0.328 e. The second-order valence-corrected chi connectivity index (χ2v) is 7.24. The fourth-order valence-corrected chi connectivity index (χ4v) is 3.44. The number of para-hydroxylation sites is 2. The number of benzene rings is 1. The van der Waals surface area contributed by atoms with Gasteiger partial charge in [-0.25, -0.2) is 14.6 Å². The SMILES string of the molecule is N#CCN1CCC(Nc2nc3ccccc3n2Cc2cnccn2)C1.O=C(O)C=CC(=O)O. The number of carboxylic acids is 2. The Morgan fingerprint density at radius 1 is 1.21 bits per heavy atom. The van der Waals surface area contributed by atoms with Gasteiger partial charge in [-0.05, 0) is 18.6 Å². The van der Waals surface area contributed by atoms with Crippen LogP contribution < -0.4 is 5.32 Å². The van der Waals surface area contributed by atoms with Gasteiger partial charge in [0.05, 0.1) is 42.1 Å². The predicted molar refractivity (Wildman–Crippen MR) is 119 cm³/mol. The van der Waals surface area contributed by atoms with Gasteiger partial charge in [-0.1, -0.05) is 12.1 Å². The predicted octanol–water partition coefficient (Wildman–Crippen LogP) is 1.60. The highest BCUT2D eigenvalue weighted by Crippen LogP contribution is 2.23. The van der Waals surface area contributed by atoms with Gasteiger partial charge in [0.15, 0.2) is 0 Å². The Kier molecular flexibility index (Phi) is 8.04. The maximum absolute atomic E-state index is 9.55. The number of rotatable bonds is 7. The summed E-state index contributed by atoms with van der Waals surface area (Å²) in [5, 5.41) is 28.0. The van der Waals surface area contributed by atoms with Gasteiger partial charge in [-0.3, -0.25) is 14.9 Å². The molecule has 3 aromatic rings. The maximum atomic E-state index is 9.55. The monoisotopic (exact) mass is 449 g/mol. The molecule has 0 saturated carbocycles. The first-order valence-corrected chi connectivity index (χ1v) is 10.2. The Labute approximate surface area is 189 Å². The standard InChI is InChI=1S/C18H19N7.C4H4O4/c19-6-10-24-9-5-14(12-24)22-18-23-16-3-1-2-4-17(16)25(18)13-15-11-20-7-8-21-15;5-3(6)1-2-4(7)8/h1-4,7-8,11,14H,5,9-10,12-13H2,(H,22,23);1-2H,(H,5,6)(H,7,8). The molecule has 4 rings (SSSR count). The Morgan fingerprint density at radius 3 is 2.64 bits per heavy atom. The average Bonchev–Trinajstić information content (AvgIpc) is 3.38. The zero-order chi connectivity index (χ0) is 23.6. The third-order valence-corrected chi connectivity index (χ3v) is 4.86. The van der Waals surface area contributed by atoms with Gasteiger partial charge < -0.3 is 20.1 Å². The fourth-order valence-electron chi connectivity index (χ4n) is 3.44. The largest absolute Gasteiger partial charge is 0.478 e. The van der Waals surface area contributed by atoms with Crippen molar-refractivity contribution >= 4 is 28.9 Å². The molecule has 1 atom stereocenters. The van der Waals surface area contributed by atoms with E-state index in [0.29, 0.717) is 31.3 Å². The van der Waals surface area contributed by atoms with E-state index < -0.39 is 11.9 Å². The lowest BCUT2D eigenvalue weighted by Gasteiger charge is -2.16. The lowest BCUT2D eigenvalue weighted by Crippen LogP contribution is -2.27. The summed E-state index contributed by atoms with van der Waals surface area (Å²) < 4.78 is 2.15. The molecule has 170 valence electrons. The molecule has 11 heteroatoms. The van der Waals surface area contributed by atoms with Gasteiger partial charge in [0, 0.05) is 43.7 Å². The van der Waals surface area contributed by atoms with Crippen molar-refractivity contribution < 1.29 is 19.8 Å². The second kappa shape index (κ2) is 11.4. The summed E-state index contributed by atoms with van der Waals surface area (Å²) in [4.78, 5) is 34.6. The highest BCUT2D eigenvalue weighted by atomic mass is 16.4. The summed E-state index contributed by atoms with van der Waals surface area (Å²) in [5.74, 6) is -1.67. The molecule has 0 aliphatic carbocycles. The number of hydrogen-bond acceptors (Lipinski definition) is 8. The molecule has 0 bridgehead atoms. The summed E-state index contributed by atoms with van der Waals surface area (Å²) in [6.07, 6.45) is 7.29. The first-order valence-electron chi connectivity index (χ1n) is 10.2. The number of aromatic nitrogens is 4. The van der Waals surface area contributed by atoms with Crippen LogP contribution in [-0.4, -0.2) is 72.2 Å². The third kappa shape index (κ3) is 6.84. The van der Waals surface area contributed by atoms with E-state index in [1.807, 2.05) is 18.2 Å². The normalized spacial score (nSPS) is 15.7. The summed E-state index contributed by atoms with van der Waals surface area (Å²) in [6.45, 7) is 2.90. The van der Waals surface area contributed by atoms with Crippen LogP contribution in [0.25, 0.3) is 11.0 Å². The molecule has 2 aromatic heterocycles. The summed E-state index contributed by atoms with van der Waals surface area (Å²) in [6, 6.07) is 10.6. The van der Waals surface area contributed by atoms with Crippen LogP contribution in [0.4, 0.5) is 5.95 Å². The number of fused-ring (bicyclic) bond motifs is 1. The molecule has 3 heterocycles. The van der Waals surface area contributed by atoms with Crippen LogP contribution in [0.1, 0.15) is 12.1 Å². The van der Waals surface area contributed by atoms with E-state index in [1.165, 1.54) is 0 Å². The number of nitriles is 1. The Balaban J connectivity index is 0.000000331. The first kappa shape index (κ1) is 23.4. The molecule has 1 unspecified atom stereocenters. The topological polar surface area (TPSA) is 157 Å². The van der Waals surface area contributed by atoms with Gasteiger partial charge in [0.2, 0.25) is 5.95 Å². The van der Waals surface area contributed by atoms with Crippen molar-refractivity contribution in [2.75, 3.05) is 25.0 Å². The summed E-state index contributed by atoms with van der Waals surface area (Å²) in [5.41, 5.74) is 2.93. The van der Waals surface area contributed by atoms with Crippen molar-refractivity contribution in [1.82, 2.24) is 24.4 Å². The molecular weight excluding hydrogens is 426 g/mol. The number of imidazole rings is 1. The summed E-state index contributed by atoms with van der Waals surface area (Å²) >= 11 is 0. The quantitative estimate of drug-likeness (QED) is 0.357. The van der Waals surface area contributed by atoms with E-state index in [0.717, 1.165) is 42.2 Å². The highest BCUT2D eigenvalue weighted by molar-refractivity contribution is 5.89. The molecule has 11 nitrogen and oxygen atoms in total. The van der Waals surface area contributed by atoms with E-state index in [2.05, 4.69) is 36.9 Å². The molecule has 0 amide bonds. The van der Waals surface area contributed by atoms with E-state index in [1.54, 1.807) is 18.6 Å². The molecule has 1 fully saturated rings. The van der Waals surface area contributed by atoms with Gasteiger partial charge >= 0.3 is 11.9 Å². The minimum atomic E-state index is -1.26. The van der Waals surface area contributed by atoms with Crippen LogP contribution in [0, 0.1) is 11.3 Å². The zero-order valence-corrected chi connectivity index (χ0v) is 17.7. The number of nitrogens with zero attached hydrogens (tertiary/aromatic N) is 6. The molecule has 1 aromatic carbocycles. The van der Waals surface area contributed by atoms with E-state index in [9.17, 15) is 9.59 Å². The van der Waals surface area contributed by atoms with Crippen molar-refractivity contribution in [1.29, 1.82) is 5.26 Å². The number of nitrogens with one attached hydrogen (secondary N) is 1. The van der Waals surface area contributed by atoms with Gasteiger partial charge in [0.25, 0.3) is 0 Å². The van der Waals surface area contributed by atoms with Crippen molar-refractivity contribution in [2.45, 2.75) is 19.0 Å². The molecule has 3 N–H and O–H groups in total. The third-order valence-electron chi connectivity index (χ3n) is 4.86. The van der Waals surface area contributed by atoms with Crippen LogP contribution in [0.3, 0.4) is 0 Å². The van der Waals surface area contributed by atoms with Gasteiger partial charge in [-0.15, -0.1) is 0 Å². The lowest BCUT2D eigenvalue weighted by atomic mass is 10.3. The Bertz CT molecular complexity index is 1150. The zero-order valence-electron chi connectivity index (χ0n) is 17.7. The molecule has 0 radical (unpaired) electrons.